The Morgan fingerprint density at radius 2 is 1.80 bits per heavy atom. The summed E-state index contributed by atoms with van der Waals surface area (Å²) in [5, 5.41) is 3.21. The number of aromatic nitrogens is 4. The molecule has 35 heavy (non-hydrogen) atoms. The van der Waals surface area contributed by atoms with E-state index >= 15 is 0 Å². The standard InChI is InChI=1S/C26H26F3N5O/c1-35-21-12-10-18(11-13-21)23-32-24(30-15-17-6-5-7-19(14-17)26(27,28)29)22-25(33-23)34(16-31-22)20-8-3-2-4-9-20/h5-7,10-14,16,20H,2-4,8-9,15H2,1H3,(H,30,32,33). The Hall–Kier alpha value is -3.62. The first-order chi connectivity index (χ1) is 16.9. The molecule has 6 nitrogen and oxygen atoms in total. The molecule has 0 amide bonds. The predicted molar refractivity (Wildman–Crippen MR) is 128 cm³/mol. The van der Waals surface area contributed by atoms with Gasteiger partial charge in [-0.3, -0.25) is 0 Å². The molecule has 9 heteroatoms. The molecule has 4 aromatic rings. The van der Waals surface area contributed by atoms with E-state index in [1.807, 2.05) is 30.6 Å². The summed E-state index contributed by atoms with van der Waals surface area (Å²) in [6.07, 6.45) is 3.13. The molecule has 0 atom stereocenters. The van der Waals surface area contributed by atoms with Crippen LogP contribution in [0.3, 0.4) is 0 Å². The van der Waals surface area contributed by atoms with Crippen molar-refractivity contribution >= 4 is 17.0 Å². The van der Waals surface area contributed by atoms with E-state index in [9.17, 15) is 13.2 Å². The number of imidazole rings is 1. The van der Waals surface area contributed by atoms with E-state index in [2.05, 4.69) is 14.9 Å². The Kier molecular flexibility index (Phi) is 6.32. The fraction of sp³-hybridized carbons (Fsp3) is 0.346. The lowest BCUT2D eigenvalue weighted by molar-refractivity contribution is -0.137. The molecule has 182 valence electrons. The van der Waals surface area contributed by atoms with Crippen LogP contribution in [-0.4, -0.2) is 26.6 Å². The largest absolute Gasteiger partial charge is 0.497 e. The number of alkyl halides is 3. The Morgan fingerprint density at radius 1 is 1.03 bits per heavy atom. The van der Waals surface area contributed by atoms with Gasteiger partial charge in [0.25, 0.3) is 0 Å². The molecule has 1 fully saturated rings. The quantitative estimate of drug-likeness (QED) is 0.335. The lowest BCUT2D eigenvalue weighted by Gasteiger charge is -2.23. The fourth-order valence-corrected chi connectivity index (χ4v) is 4.58. The highest BCUT2D eigenvalue weighted by Gasteiger charge is 2.30. The second kappa shape index (κ2) is 9.56. The second-order valence-electron chi connectivity index (χ2n) is 8.79. The molecular weight excluding hydrogens is 455 g/mol. The Labute approximate surface area is 201 Å². The van der Waals surface area contributed by atoms with E-state index in [1.165, 1.54) is 25.3 Å². The Balaban J connectivity index is 1.53. The molecule has 2 heterocycles. The third kappa shape index (κ3) is 4.94. The van der Waals surface area contributed by atoms with Crippen LogP contribution in [0.5, 0.6) is 5.75 Å². The maximum Gasteiger partial charge on any atom is 0.416 e. The summed E-state index contributed by atoms with van der Waals surface area (Å²) in [5.41, 5.74) is 1.98. The molecule has 2 aromatic heterocycles. The number of nitrogens with zero attached hydrogens (tertiary/aromatic N) is 4. The van der Waals surface area contributed by atoms with Gasteiger partial charge in [0, 0.05) is 18.2 Å². The summed E-state index contributed by atoms with van der Waals surface area (Å²) in [5.74, 6) is 1.74. The highest BCUT2D eigenvalue weighted by molar-refractivity contribution is 5.85. The number of benzene rings is 2. The minimum absolute atomic E-state index is 0.175. The molecule has 2 aromatic carbocycles. The maximum absolute atomic E-state index is 13.2. The van der Waals surface area contributed by atoms with Crippen molar-refractivity contribution in [2.75, 3.05) is 12.4 Å². The monoisotopic (exact) mass is 481 g/mol. The van der Waals surface area contributed by atoms with E-state index in [1.54, 1.807) is 13.2 Å². The number of ether oxygens (including phenoxy) is 1. The van der Waals surface area contributed by atoms with Crippen LogP contribution in [0.1, 0.15) is 49.3 Å². The highest BCUT2D eigenvalue weighted by atomic mass is 19.4. The van der Waals surface area contributed by atoms with Crippen molar-refractivity contribution in [3.8, 4) is 17.1 Å². The Bertz CT molecular complexity index is 1310. The van der Waals surface area contributed by atoms with Gasteiger partial charge < -0.3 is 14.6 Å². The lowest BCUT2D eigenvalue weighted by Crippen LogP contribution is -2.13. The zero-order valence-electron chi connectivity index (χ0n) is 19.3. The van der Waals surface area contributed by atoms with Crippen LogP contribution in [0.4, 0.5) is 19.0 Å². The van der Waals surface area contributed by atoms with Gasteiger partial charge in [0.05, 0.1) is 19.0 Å². The van der Waals surface area contributed by atoms with Gasteiger partial charge in [-0.1, -0.05) is 31.4 Å². The van der Waals surface area contributed by atoms with Crippen molar-refractivity contribution in [2.45, 2.75) is 50.9 Å². The second-order valence-corrected chi connectivity index (χ2v) is 8.79. The molecule has 0 spiro atoms. The van der Waals surface area contributed by atoms with Gasteiger partial charge >= 0.3 is 6.18 Å². The van der Waals surface area contributed by atoms with E-state index in [4.69, 9.17) is 14.7 Å². The van der Waals surface area contributed by atoms with Gasteiger partial charge in [0.1, 0.15) is 11.3 Å². The van der Waals surface area contributed by atoms with E-state index in [0.29, 0.717) is 28.8 Å². The van der Waals surface area contributed by atoms with Gasteiger partial charge in [-0.2, -0.15) is 13.2 Å². The zero-order valence-corrected chi connectivity index (χ0v) is 19.3. The summed E-state index contributed by atoms with van der Waals surface area (Å²) < 4.78 is 46.8. The van der Waals surface area contributed by atoms with Crippen LogP contribution in [0.2, 0.25) is 0 Å². The van der Waals surface area contributed by atoms with E-state index in [-0.39, 0.29) is 6.54 Å². The number of anilines is 1. The number of halogens is 3. The molecule has 0 unspecified atom stereocenters. The molecule has 1 saturated carbocycles. The lowest BCUT2D eigenvalue weighted by atomic mass is 9.95. The molecular formula is C26H26F3N5O. The summed E-state index contributed by atoms with van der Waals surface area (Å²) in [6, 6.07) is 13.1. The molecule has 0 aliphatic heterocycles. The smallest absolute Gasteiger partial charge is 0.416 e. The zero-order chi connectivity index (χ0) is 24.4. The third-order valence-electron chi connectivity index (χ3n) is 6.45. The average molecular weight is 482 g/mol. The van der Waals surface area contributed by atoms with Crippen molar-refractivity contribution in [2.24, 2.45) is 0 Å². The fourth-order valence-electron chi connectivity index (χ4n) is 4.58. The minimum atomic E-state index is -4.39. The first kappa shape index (κ1) is 23.1. The van der Waals surface area contributed by atoms with Crippen molar-refractivity contribution < 1.29 is 17.9 Å². The number of fused-ring (bicyclic) bond motifs is 1. The first-order valence-corrected chi connectivity index (χ1v) is 11.7. The van der Waals surface area contributed by atoms with Gasteiger partial charge in [-0.05, 0) is 54.8 Å². The summed E-state index contributed by atoms with van der Waals surface area (Å²) >= 11 is 0. The molecule has 0 bridgehead atoms. The summed E-state index contributed by atoms with van der Waals surface area (Å²) in [4.78, 5) is 14.2. The molecule has 1 N–H and O–H groups in total. The van der Waals surface area contributed by atoms with E-state index < -0.39 is 11.7 Å². The number of rotatable bonds is 6. The van der Waals surface area contributed by atoms with E-state index in [0.717, 1.165) is 41.9 Å². The van der Waals surface area contributed by atoms with Gasteiger partial charge in [-0.25, -0.2) is 15.0 Å². The van der Waals surface area contributed by atoms with Crippen LogP contribution in [0.15, 0.2) is 54.9 Å². The van der Waals surface area contributed by atoms with Crippen molar-refractivity contribution in [3.63, 3.8) is 0 Å². The SMILES string of the molecule is COc1ccc(-c2nc(NCc3cccc(C(F)(F)F)c3)c3ncn(C4CCCCC4)c3n2)cc1. The molecule has 0 saturated heterocycles. The Morgan fingerprint density at radius 3 is 2.51 bits per heavy atom. The van der Waals surface area contributed by atoms with Crippen molar-refractivity contribution in [1.82, 2.24) is 19.5 Å². The predicted octanol–water partition coefficient (Wildman–Crippen LogP) is 6.64. The van der Waals surface area contributed by atoms with Crippen LogP contribution in [0.25, 0.3) is 22.6 Å². The van der Waals surface area contributed by atoms with Crippen molar-refractivity contribution in [3.05, 3.63) is 66.0 Å². The number of hydrogen-bond acceptors (Lipinski definition) is 5. The molecule has 5 rings (SSSR count). The van der Waals surface area contributed by atoms with Crippen LogP contribution < -0.4 is 10.1 Å². The summed E-state index contributed by atoms with van der Waals surface area (Å²) in [7, 11) is 1.61. The van der Waals surface area contributed by atoms with Crippen LogP contribution >= 0.6 is 0 Å². The summed E-state index contributed by atoms with van der Waals surface area (Å²) in [6.45, 7) is 0.175. The molecule has 1 aliphatic carbocycles. The third-order valence-corrected chi connectivity index (χ3v) is 6.45. The van der Waals surface area contributed by atoms with Crippen molar-refractivity contribution in [1.29, 1.82) is 0 Å². The van der Waals surface area contributed by atoms with Gasteiger partial charge in [0.2, 0.25) is 0 Å². The normalized spacial score (nSPS) is 14.9. The average Bonchev–Trinajstić information content (AvgIpc) is 3.32. The number of hydrogen-bond donors (Lipinski definition) is 1. The molecule has 0 radical (unpaired) electrons. The van der Waals surface area contributed by atoms with Crippen LogP contribution in [-0.2, 0) is 12.7 Å². The first-order valence-electron chi connectivity index (χ1n) is 11.7. The minimum Gasteiger partial charge on any atom is -0.497 e. The van der Waals surface area contributed by atoms with Gasteiger partial charge in [0.15, 0.2) is 17.3 Å². The highest BCUT2D eigenvalue weighted by Crippen LogP contribution is 2.33. The number of methoxy groups -OCH3 is 1. The number of nitrogens with one attached hydrogen (secondary N) is 1. The van der Waals surface area contributed by atoms with Crippen LogP contribution in [0, 0.1) is 0 Å². The van der Waals surface area contributed by atoms with Gasteiger partial charge in [-0.15, -0.1) is 0 Å². The maximum atomic E-state index is 13.2. The topological polar surface area (TPSA) is 64.9 Å². The molecule has 1 aliphatic rings.